The fourth-order valence-electron chi connectivity index (χ4n) is 2.74. The lowest BCUT2D eigenvalue weighted by atomic mass is 10.1. The molecule has 0 aliphatic carbocycles. The zero-order valence-corrected chi connectivity index (χ0v) is 17.0. The molecule has 0 spiro atoms. The number of aryl methyl sites for hydroxylation is 1. The molecule has 0 fully saturated rings. The maximum Gasteiger partial charge on any atom is 0.311 e. The summed E-state index contributed by atoms with van der Waals surface area (Å²) >= 11 is 1.56. The SMILES string of the molecule is CCOc1ccc(C(=O)NCCc2csc(-c3ccc(C)cc3)n2)cc1[N+](=O)[O-]. The van der Waals surface area contributed by atoms with Crippen LogP contribution in [0.1, 0.15) is 28.5 Å². The Morgan fingerprint density at radius 2 is 2.00 bits per heavy atom. The first-order chi connectivity index (χ1) is 14.0. The number of carbonyl (C=O) groups excluding carboxylic acids is 1. The fraction of sp³-hybridized carbons (Fsp3) is 0.238. The second kappa shape index (κ2) is 9.29. The first-order valence-electron chi connectivity index (χ1n) is 9.19. The van der Waals surface area contributed by atoms with E-state index in [2.05, 4.69) is 10.3 Å². The van der Waals surface area contributed by atoms with Crippen LogP contribution in [-0.4, -0.2) is 29.0 Å². The van der Waals surface area contributed by atoms with Gasteiger partial charge < -0.3 is 10.1 Å². The van der Waals surface area contributed by atoms with Gasteiger partial charge in [0.1, 0.15) is 5.01 Å². The first kappa shape index (κ1) is 20.5. The first-order valence-corrected chi connectivity index (χ1v) is 10.1. The van der Waals surface area contributed by atoms with E-state index < -0.39 is 4.92 Å². The molecule has 0 saturated heterocycles. The van der Waals surface area contributed by atoms with Gasteiger partial charge in [-0.15, -0.1) is 11.3 Å². The summed E-state index contributed by atoms with van der Waals surface area (Å²) in [5, 5.41) is 16.9. The Bertz CT molecular complexity index is 1020. The third-order valence-corrected chi connectivity index (χ3v) is 5.17. The molecule has 1 aromatic heterocycles. The Labute approximate surface area is 172 Å². The van der Waals surface area contributed by atoms with Crippen molar-refractivity contribution < 1.29 is 14.5 Å². The van der Waals surface area contributed by atoms with Crippen LogP contribution < -0.4 is 10.1 Å². The van der Waals surface area contributed by atoms with Gasteiger partial charge in [-0.25, -0.2) is 4.98 Å². The average molecular weight is 411 g/mol. The highest BCUT2D eigenvalue weighted by Gasteiger charge is 2.18. The third kappa shape index (κ3) is 5.17. The van der Waals surface area contributed by atoms with Gasteiger partial charge in [0.2, 0.25) is 0 Å². The van der Waals surface area contributed by atoms with Gasteiger partial charge >= 0.3 is 5.69 Å². The van der Waals surface area contributed by atoms with E-state index >= 15 is 0 Å². The van der Waals surface area contributed by atoms with Crippen LogP contribution in [0.5, 0.6) is 5.75 Å². The molecule has 29 heavy (non-hydrogen) atoms. The monoisotopic (exact) mass is 411 g/mol. The maximum absolute atomic E-state index is 12.3. The highest BCUT2D eigenvalue weighted by atomic mass is 32.1. The number of nitro groups is 1. The predicted molar refractivity (Wildman–Crippen MR) is 113 cm³/mol. The molecule has 0 aliphatic rings. The second-order valence-corrected chi connectivity index (χ2v) is 7.25. The van der Waals surface area contributed by atoms with Crippen LogP contribution in [0.4, 0.5) is 5.69 Å². The summed E-state index contributed by atoms with van der Waals surface area (Å²) in [6.45, 7) is 4.48. The zero-order valence-electron chi connectivity index (χ0n) is 16.2. The van der Waals surface area contributed by atoms with Gasteiger partial charge in [0, 0.05) is 35.5 Å². The lowest BCUT2D eigenvalue weighted by Gasteiger charge is -2.07. The Kier molecular flexibility index (Phi) is 6.56. The summed E-state index contributed by atoms with van der Waals surface area (Å²) in [7, 11) is 0. The number of nitrogens with one attached hydrogen (secondary N) is 1. The molecule has 3 aromatic rings. The van der Waals surface area contributed by atoms with E-state index in [4.69, 9.17) is 4.74 Å². The zero-order chi connectivity index (χ0) is 20.8. The smallest absolute Gasteiger partial charge is 0.311 e. The van der Waals surface area contributed by atoms with E-state index in [-0.39, 0.29) is 22.9 Å². The molecule has 1 N–H and O–H groups in total. The Morgan fingerprint density at radius 3 is 2.69 bits per heavy atom. The number of ether oxygens (including phenoxy) is 1. The minimum absolute atomic E-state index is 0.153. The molecular weight excluding hydrogens is 390 g/mol. The number of hydrogen-bond acceptors (Lipinski definition) is 6. The molecule has 8 heteroatoms. The molecule has 0 bridgehead atoms. The number of thiazole rings is 1. The molecule has 1 heterocycles. The van der Waals surface area contributed by atoms with Crippen LogP contribution in [0.3, 0.4) is 0 Å². The van der Waals surface area contributed by atoms with Crippen molar-refractivity contribution in [1.82, 2.24) is 10.3 Å². The molecule has 0 unspecified atom stereocenters. The van der Waals surface area contributed by atoms with Gasteiger partial charge in [-0.3, -0.25) is 14.9 Å². The predicted octanol–water partition coefficient (Wildman–Crippen LogP) is 4.40. The molecule has 150 valence electrons. The van der Waals surface area contributed by atoms with Crippen LogP contribution in [0.2, 0.25) is 0 Å². The largest absolute Gasteiger partial charge is 0.487 e. The van der Waals surface area contributed by atoms with Gasteiger partial charge in [0.25, 0.3) is 5.91 Å². The Morgan fingerprint density at radius 1 is 1.24 bits per heavy atom. The number of amides is 1. The molecule has 0 aliphatic heterocycles. The van der Waals surface area contributed by atoms with Crippen molar-refractivity contribution in [2.24, 2.45) is 0 Å². The van der Waals surface area contributed by atoms with Crippen LogP contribution in [-0.2, 0) is 6.42 Å². The van der Waals surface area contributed by atoms with E-state index in [0.717, 1.165) is 16.3 Å². The highest BCUT2D eigenvalue weighted by Crippen LogP contribution is 2.28. The van der Waals surface area contributed by atoms with Gasteiger partial charge in [0.15, 0.2) is 5.75 Å². The summed E-state index contributed by atoms with van der Waals surface area (Å²) < 4.78 is 5.24. The van der Waals surface area contributed by atoms with Crippen LogP contribution in [0, 0.1) is 17.0 Å². The standard InChI is InChI=1S/C21H21N3O4S/c1-3-28-19-9-8-16(12-18(19)24(26)27)20(25)22-11-10-17-13-29-21(23-17)15-6-4-14(2)5-7-15/h4-9,12-13H,3,10-11H2,1-2H3,(H,22,25). The number of hydrogen-bond donors (Lipinski definition) is 1. The molecule has 2 aromatic carbocycles. The van der Waals surface area contributed by atoms with Crippen LogP contribution in [0.15, 0.2) is 47.8 Å². The van der Waals surface area contributed by atoms with Gasteiger partial charge in [-0.2, -0.15) is 0 Å². The van der Waals surface area contributed by atoms with Crippen LogP contribution in [0.25, 0.3) is 10.6 Å². The number of nitro benzene ring substituents is 1. The minimum atomic E-state index is -0.552. The van der Waals surface area contributed by atoms with E-state index in [0.29, 0.717) is 19.6 Å². The topological polar surface area (TPSA) is 94.4 Å². The average Bonchev–Trinajstić information content (AvgIpc) is 3.17. The molecule has 0 radical (unpaired) electrons. The summed E-state index contributed by atoms with van der Waals surface area (Å²) in [6, 6.07) is 12.4. The molecule has 0 atom stereocenters. The quantitative estimate of drug-likeness (QED) is 0.438. The highest BCUT2D eigenvalue weighted by molar-refractivity contribution is 7.13. The van der Waals surface area contributed by atoms with Crippen molar-refractivity contribution >= 4 is 22.9 Å². The summed E-state index contributed by atoms with van der Waals surface area (Å²) in [6.07, 6.45) is 0.577. The minimum Gasteiger partial charge on any atom is -0.487 e. The van der Waals surface area contributed by atoms with Crippen molar-refractivity contribution in [3.63, 3.8) is 0 Å². The maximum atomic E-state index is 12.3. The lowest BCUT2D eigenvalue weighted by molar-refractivity contribution is -0.385. The Balaban J connectivity index is 1.59. The molecule has 7 nitrogen and oxygen atoms in total. The van der Waals surface area contributed by atoms with E-state index in [1.54, 1.807) is 18.3 Å². The molecular formula is C21H21N3O4S. The van der Waals surface area contributed by atoms with Crippen molar-refractivity contribution in [3.8, 4) is 16.3 Å². The number of aromatic nitrogens is 1. The lowest BCUT2D eigenvalue weighted by Crippen LogP contribution is -2.25. The van der Waals surface area contributed by atoms with Crippen LogP contribution >= 0.6 is 11.3 Å². The summed E-state index contributed by atoms with van der Waals surface area (Å²) in [5.41, 5.74) is 3.16. The van der Waals surface area contributed by atoms with E-state index in [1.165, 1.54) is 23.8 Å². The van der Waals surface area contributed by atoms with Crippen molar-refractivity contribution in [3.05, 3.63) is 74.8 Å². The molecule has 3 rings (SSSR count). The van der Waals surface area contributed by atoms with Gasteiger partial charge in [0.05, 0.1) is 17.2 Å². The summed E-state index contributed by atoms with van der Waals surface area (Å²) in [5.74, 6) is -0.217. The second-order valence-electron chi connectivity index (χ2n) is 6.39. The van der Waals surface area contributed by atoms with Crippen molar-refractivity contribution in [2.75, 3.05) is 13.2 Å². The number of benzene rings is 2. The number of nitrogens with zero attached hydrogens (tertiary/aromatic N) is 2. The van der Waals surface area contributed by atoms with Crippen molar-refractivity contribution in [1.29, 1.82) is 0 Å². The normalized spacial score (nSPS) is 10.6. The van der Waals surface area contributed by atoms with E-state index in [1.807, 2.05) is 36.6 Å². The van der Waals surface area contributed by atoms with E-state index in [9.17, 15) is 14.9 Å². The fourth-order valence-corrected chi connectivity index (χ4v) is 3.60. The number of rotatable bonds is 8. The number of carbonyl (C=O) groups is 1. The summed E-state index contributed by atoms with van der Waals surface area (Å²) in [4.78, 5) is 27.6. The Hall–Kier alpha value is -3.26. The van der Waals surface area contributed by atoms with Gasteiger partial charge in [-0.05, 0) is 26.0 Å². The molecule has 1 amide bonds. The third-order valence-electron chi connectivity index (χ3n) is 4.23. The van der Waals surface area contributed by atoms with Gasteiger partial charge in [-0.1, -0.05) is 29.8 Å². The van der Waals surface area contributed by atoms with Crippen molar-refractivity contribution in [2.45, 2.75) is 20.3 Å². The molecule has 0 saturated carbocycles.